The van der Waals surface area contributed by atoms with Gasteiger partial charge in [0.1, 0.15) is 5.82 Å². The van der Waals surface area contributed by atoms with Crippen molar-refractivity contribution in [1.82, 2.24) is 4.90 Å². The van der Waals surface area contributed by atoms with Gasteiger partial charge in [-0.3, -0.25) is 9.69 Å². The van der Waals surface area contributed by atoms with E-state index in [0.29, 0.717) is 5.56 Å². The monoisotopic (exact) mass is 291 g/mol. The maximum Gasteiger partial charge on any atom is 0.186 e. The van der Waals surface area contributed by atoms with Gasteiger partial charge >= 0.3 is 0 Å². The average Bonchev–Trinajstić information content (AvgIpc) is 2.85. The number of aryl methyl sites for hydroxylation is 1. The largest absolute Gasteiger partial charge is 0.292 e. The molecule has 1 unspecified atom stereocenters. The van der Waals surface area contributed by atoms with Crippen LogP contribution in [0.1, 0.15) is 33.1 Å². The number of likely N-dealkylation sites (N-methyl/N-ethyl adjacent to an activating group) is 1. The van der Waals surface area contributed by atoms with E-state index in [1.165, 1.54) is 17.4 Å². The highest BCUT2D eigenvalue weighted by atomic mass is 32.1. The Morgan fingerprint density at radius 3 is 2.60 bits per heavy atom. The van der Waals surface area contributed by atoms with Crippen molar-refractivity contribution < 1.29 is 9.18 Å². The van der Waals surface area contributed by atoms with Gasteiger partial charge in [0.15, 0.2) is 5.78 Å². The first-order chi connectivity index (χ1) is 9.49. The molecule has 2 rings (SSSR count). The van der Waals surface area contributed by atoms with Gasteiger partial charge in [0.05, 0.1) is 11.4 Å². The molecule has 0 aliphatic carbocycles. The van der Waals surface area contributed by atoms with E-state index < -0.39 is 0 Å². The summed E-state index contributed by atoms with van der Waals surface area (Å²) >= 11 is 1.50. The Labute approximate surface area is 122 Å². The fraction of sp³-hybridized carbons (Fsp3) is 0.312. The predicted octanol–water partition coefficient (Wildman–Crippen LogP) is 4.07. The minimum atomic E-state index is -0.230. The van der Waals surface area contributed by atoms with Crippen LogP contribution >= 0.6 is 11.3 Å². The van der Waals surface area contributed by atoms with Crippen LogP contribution in [0.25, 0.3) is 0 Å². The number of hydrogen-bond acceptors (Lipinski definition) is 3. The highest BCUT2D eigenvalue weighted by molar-refractivity contribution is 7.14. The fourth-order valence-corrected chi connectivity index (χ4v) is 2.87. The van der Waals surface area contributed by atoms with E-state index in [1.807, 2.05) is 44.0 Å². The Bertz CT molecular complexity index is 608. The number of thiophene rings is 1. The molecule has 0 saturated carbocycles. The van der Waals surface area contributed by atoms with Crippen molar-refractivity contribution in [3.8, 4) is 0 Å². The van der Waals surface area contributed by atoms with Crippen LogP contribution in [0.4, 0.5) is 4.39 Å². The third kappa shape index (κ3) is 3.32. The number of hydrogen-bond donors (Lipinski definition) is 0. The molecule has 0 aliphatic heterocycles. The van der Waals surface area contributed by atoms with Crippen molar-refractivity contribution in [2.75, 3.05) is 13.6 Å². The van der Waals surface area contributed by atoms with Crippen LogP contribution in [0.3, 0.4) is 0 Å². The molecule has 20 heavy (non-hydrogen) atoms. The van der Waals surface area contributed by atoms with Crippen molar-refractivity contribution in [3.05, 3.63) is 57.5 Å². The molecule has 0 spiro atoms. The SMILES string of the molecule is Cc1ccc(C(=O)CN(C)C(C)c2ccccc2F)s1. The Hall–Kier alpha value is -1.52. The number of halogens is 1. The number of rotatable bonds is 5. The molecular formula is C16H18FNOS. The minimum Gasteiger partial charge on any atom is -0.292 e. The van der Waals surface area contributed by atoms with E-state index in [4.69, 9.17) is 0 Å². The molecule has 0 saturated heterocycles. The average molecular weight is 291 g/mol. The lowest BCUT2D eigenvalue weighted by Crippen LogP contribution is -2.29. The molecule has 1 aromatic heterocycles. The van der Waals surface area contributed by atoms with Crippen molar-refractivity contribution in [2.24, 2.45) is 0 Å². The summed E-state index contributed by atoms with van der Waals surface area (Å²) in [5.74, 6) is -0.153. The van der Waals surface area contributed by atoms with Crippen molar-refractivity contribution >= 4 is 17.1 Å². The van der Waals surface area contributed by atoms with E-state index in [0.717, 1.165) is 9.75 Å². The topological polar surface area (TPSA) is 20.3 Å². The summed E-state index contributed by atoms with van der Waals surface area (Å²) in [6, 6.07) is 10.3. The summed E-state index contributed by atoms with van der Waals surface area (Å²) in [7, 11) is 1.84. The molecular weight excluding hydrogens is 273 g/mol. The van der Waals surface area contributed by atoms with Crippen LogP contribution in [0.5, 0.6) is 0 Å². The van der Waals surface area contributed by atoms with Crippen LogP contribution in [-0.2, 0) is 0 Å². The van der Waals surface area contributed by atoms with Gasteiger partial charge in [-0.15, -0.1) is 11.3 Å². The summed E-state index contributed by atoms with van der Waals surface area (Å²) in [5.41, 5.74) is 0.616. The molecule has 2 nitrogen and oxygen atoms in total. The summed E-state index contributed by atoms with van der Waals surface area (Å²) in [6.45, 7) is 4.17. The summed E-state index contributed by atoms with van der Waals surface area (Å²) in [4.78, 5) is 15.9. The highest BCUT2D eigenvalue weighted by Crippen LogP contribution is 2.22. The molecule has 106 valence electrons. The molecule has 1 atom stereocenters. The standard InChI is InChI=1S/C16H18FNOS/c1-11-8-9-16(20-11)15(19)10-18(3)12(2)13-6-4-5-7-14(13)17/h4-9,12H,10H2,1-3H3. The van der Waals surface area contributed by atoms with Crippen LogP contribution in [0.15, 0.2) is 36.4 Å². The van der Waals surface area contributed by atoms with Crippen LogP contribution in [0, 0.1) is 12.7 Å². The fourth-order valence-electron chi connectivity index (χ4n) is 2.08. The molecule has 2 aromatic rings. The lowest BCUT2D eigenvalue weighted by molar-refractivity contribution is 0.0927. The van der Waals surface area contributed by atoms with E-state index in [2.05, 4.69) is 0 Å². The van der Waals surface area contributed by atoms with E-state index in [9.17, 15) is 9.18 Å². The van der Waals surface area contributed by atoms with Crippen molar-refractivity contribution in [3.63, 3.8) is 0 Å². The van der Waals surface area contributed by atoms with Crippen LogP contribution in [-0.4, -0.2) is 24.3 Å². The number of carbonyl (C=O) groups is 1. The van der Waals surface area contributed by atoms with Gasteiger partial charge in [-0.25, -0.2) is 4.39 Å². The molecule has 0 radical (unpaired) electrons. The summed E-state index contributed by atoms with van der Waals surface area (Å²) in [5, 5.41) is 0. The summed E-state index contributed by atoms with van der Waals surface area (Å²) in [6.07, 6.45) is 0. The number of nitrogens with zero attached hydrogens (tertiary/aromatic N) is 1. The lowest BCUT2D eigenvalue weighted by Gasteiger charge is -2.24. The second-order valence-electron chi connectivity index (χ2n) is 4.95. The smallest absolute Gasteiger partial charge is 0.186 e. The zero-order valence-electron chi connectivity index (χ0n) is 11.9. The van der Waals surface area contributed by atoms with Gasteiger partial charge in [-0.2, -0.15) is 0 Å². The highest BCUT2D eigenvalue weighted by Gasteiger charge is 2.19. The maximum absolute atomic E-state index is 13.8. The van der Waals surface area contributed by atoms with E-state index in [-0.39, 0.29) is 24.2 Å². The van der Waals surface area contributed by atoms with Crippen LogP contribution in [0.2, 0.25) is 0 Å². The molecule has 1 heterocycles. The first-order valence-electron chi connectivity index (χ1n) is 6.53. The molecule has 1 aromatic carbocycles. The molecule has 4 heteroatoms. The van der Waals surface area contributed by atoms with Gasteiger partial charge in [0.25, 0.3) is 0 Å². The second kappa shape index (κ2) is 6.29. The Balaban J connectivity index is 2.06. The summed E-state index contributed by atoms with van der Waals surface area (Å²) < 4.78 is 13.8. The minimum absolute atomic E-state index is 0.0776. The van der Waals surface area contributed by atoms with Gasteiger partial charge < -0.3 is 0 Å². The predicted molar refractivity (Wildman–Crippen MR) is 80.8 cm³/mol. The van der Waals surface area contributed by atoms with Crippen LogP contribution < -0.4 is 0 Å². The van der Waals surface area contributed by atoms with Gasteiger partial charge in [0, 0.05) is 16.5 Å². The zero-order chi connectivity index (χ0) is 14.7. The Kier molecular flexibility index (Phi) is 4.68. The van der Waals surface area contributed by atoms with E-state index >= 15 is 0 Å². The molecule has 0 bridgehead atoms. The van der Waals surface area contributed by atoms with Gasteiger partial charge in [-0.05, 0) is 39.1 Å². The third-order valence-electron chi connectivity index (χ3n) is 3.42. The first kappa shape index (κ1) is 14.9. The lowest BCUT2D eigenvalue weighted by atomic mass is 10.1. The van der Waals surface area contributed by atoms with Crippen molar-refractivity contribution in [2.45, 2.75) is 19.9 Å². The first-order valence-corrected chi connectivity index (χ1v) is 7.35. The van der Waals surface area contributed by atoms with E-state index in [1.54, 1.807) is 12.1 Å². The normalized spacial score (nSPS) is 12.7. The van der Waals surface area contributed by atoms with Crippen molar-refractivity contribution in [1.29, 1.82) is 0 Å². The maximum atomic E-state index is 13.8. The molecule has 0 aliphatic rings. The number of benzene rings is 1. The molecule has 0 N–H and O–H groups in total. The van der Waals surface area contributed by atoms with Gasteiger partial charge in [0.2, 0.25) is 0 Å². The second-order valence-corrected chi connectivity index (χ2v) is 6.23. The Morgan fingerprint density at radius 1 is 1.30 bits per heavy atom. The number of Topliss-reactive ketones (excluding diaryl/α,β-unsaturated/α-hetero) is 1. The molecule has 0 amide bonds. The molecule has 0 fully saturated rings. The number of carbonyl (C=O) groups excluding carboxylic acids is 1. The van der Waals surface area contributed by atoms with Gasteiger partial charge in [-0.1, -0.05) is 18.2 Å². The zero-order valence-corrected chi connectivity index (χ0v) is 12.7. The quantitative estimate of drug-likeness (QED) is 0.774. The third-order valence-corrected chi connectivity index (χ3v) is 4.47. The number of ketones is 1. The Morgan fingerprint density at radius 2 is 2.00 bits per heavy atom.